The number of aromatic nitrogens is 4. The van der Waals surface area contributed by atoms with Crippen LogP contribution in [-0.2, 0) is 13.6 Å². The number of hydrogen-bond donors (Lipinski definition) is 3. The number of benzene rings is 2. The summed E-state index contributed by atoms with van der Waals surface area (Å²) in [4.78, 5) is 26.7. The van der Waals surface area contributed by atoms with Gasteiger partial charge >= 0.3 is 5.69 Å². The molecule has 0 aliphatic rings. The fourth-order valence-corrected chi connectivity index (χ4v) is 4.24. The van der Waals surface area contributed by atoms with Gasteiger partial charge < -0.3 is 14.9 Å². The molecular formula is C21H22N4O5S. The average molecular weight is 442 g/mol. The zero-order valence-corrected chi connectivity index (χ0v) is 17.6. The third-order valence-electron chi connectivity index (χ3n) is 4.87. The van der Waals surface area contributed by atoms with Crippen LogP contribution in [0.25, 0.3) is 21.8 Å². The molecule has 0 saturated carbocycles. The Morgan fingerprint density at radius 3 is 2.74 bits per heavy atom. The number of thioether (sulfide) groups is 1. The second-order valence-corrected chi connectivity index (χ2v) is 8.10. The third kappa shape index (κ3) is 4.22. The molecule has 2 aromatic carbocycles. The molecule has 0 amide bonds. The lowest BCUT2D eigenvalue weighted by Crippen LogP contribution is -2.30. The van der Waals surface area contributed by atoms with Gasteiger partial charge in [0.1, 0.15) is 29.0 Å². The first-order valence-electron chi connectivity index (χ1n) is 9.71. The Hall–Kier alpha value is -3.08. The van der Waals surface area contributed by atoms with E-state index in [1.807, 2.05) is 42.5 Å². The van der Waals surface area contributed by atoms with E-state index in [0.717, 1.165) is 10.8 Å². The van der Waals surface area contributed by atoms with Crippen molar-refractivity contribution in [1.82, 2.24) is 19.3 Å². The first-order valence-corrected chi connectivity index (χ1v) is 10.7. The van der Waals surface area contributed by atoms with Crippen LogP contribution in [0.4, 0.5) is 0 Å². The first kappa shape index (κ1) is 21.2. The summed E-state index contributed by atoms with van der Waals surface area (Å²) in [5.74, 6) is 1.02. The Bertz CT molecular complexity index is 1340. The van der Waals surface area contributed by atoms with Crippen LogP contribution in [0.5, 0.6) is 5.75 Å². The summed E-state index contributed by atoms with van der Waals surface area (Å²) in [6.07, 6.45) is -0.950. The topological polar surface area (TPSA) is 122 Å². The highest BCUT2D eigenvalue weighted by Crippen LogP contribution is 2.26. The number of hydrogen-bond acceptors (Lipinski definition) is 7. The molecule has 1 atom stereocenters. The molecule has 4 rings (SSSR count). The Morgan fingerprint density at radius 2 is 1.94 bits per heavy atom. The van der Waals surface area contributed by atoms with E-state index < -0.39 is 17.4 Å². The Kier molecular flexibility index (Phi) is 6.12. The summed E-state index contributed by atoms with van der Waals surface area (Å²) in [6.45, 7) is -0.0714. The lowest BCUT2D eigenvalue weighted by molar-refractivity contribution is 0.0908. The van der Waals surface area contributed by atoms with E-state index in [1.54, 1.807) is 0 Å². The highest BCUT2D eigenvalue weighted by molar-refractivity contribution is 7.99. The molecule has 0 radical (unpaired) electrons. The summed E-state index contributed by atoms with van der Waals surface area (Å²) in [5.41, 5.74) is -0.576. The van der Waals surface area contributed by atoms with Crippen molar-refractivity contribution in [2.45, 2.75) is 17.7 Å². The highest BCUT2D eigenvalue weighted by atomic mass is 32.2. The molecule has 0 saturated heterocycles. The summed E-state index contributed by atoms with van der Waals surface area (Å²) < 4.78 is 8.52. The number of rotatable bonds is 8. The number of aliphatic hydroxyl groups is 2. The summed E-state index contributed by atoms with van der Waals surface area (Å²) in [7, 11) is 1.54. The minimum atomic E-state index is -0.950. The fourth-order valence-electron chi connectivity index (χ4n) is 3.43. The number of nitrogens with one attached hydrogen (secondary N) is 1. The van der Waals surface area contributed by atoms with Crippen LogP contribution in [0.3, 0.4) is 0 Å². The Balaban J connectivity index is 1.60. The van der Waals surface area contributed by atoms with E-state index in [-0.39, 0.29) is 25.3 Å². The number of fused-ring (bicyclic) bond motifs is 2. The minimum Gasteiger partial charge on any atom is -0.490 e. The molecule has 10 heteroatoms. The number of ether oxygens (including phenoxy) is 1. The third-order valence-corrected chi connectivity index (χ3v) is 5.80. The van der Waals surface area contributed by atoms with Crippen molar-refractivity contribution >= 4 is 33.6 Å². The molecule has 0 aliphatic heterocycles. The fraction of sp³-hybridized carbons (Fsp3) is 0.286. The van der Waals surface area contributed by atoms with Gasteiger partial charge in [0, 0.05) is 18.2 Å². The highest BCUT2D eigenvalue weighted by Gasteiger charge is 2.20. The van der Waals surface area contributed by atoms with Gasteiger partial charge in [-0.1, -0.05) is 36.4 Å². The van der Waals surface area contributed by atoms with Gasteiger partial charge in [-0.15, -0.1) is 11.8 Å². The molecule has 0 aliphatic carbocycles. The van der Waals surface area contributed by atoms with Crippen LogP contribution in [-0.4, -0.2) is 54.6 Å². The van der Waals surface area contributed by atoms with Crippen molar-refractivity contribution in [1.29, 1.82) is 0 Å². The molecule has 3 N–H and O–H groups in total. The van der Waals surface area contributed by atoms with Crippen molar-refractivity contribution in [2.24, 2.45) is 7.05 Å². The van der Waals surface area contributed by atoms with E-state index in [2.05, 4.69) is 10.1 Å². The predicted octanol–water partition coefficient (Wildman–Crippen LogP) is 1.10. The van der Waals surface area contributed by atoms with Crippen LogP contribution in [0.2, 0.25) is 0 Å². The molecule has 162 valence electrons. The maximum Gasteiger partial charge on any atom is 0.328 e. The van der Waals surface area contributed by atoms with Gasteiger partial charge in [-0.2, -0.15) is 5.10 Å². The van der Waals surface area contributed by atoms with E-state index in [1.165, 1.54) is 28.1 Å². The summed E-state index contributed by atoms with van der Waals surface area (Å²) >= 11 is 1.23. The van der Waals surface area contributed by atoms with Gasteiger partial charge in [-0.3, -0.25) is 19.0 Å². The maximum absolute atomic E-state index is 12.5. The lowest BCUT2D eigenvalue weighted by Gasteiger charge is -2.14. The van der Waals surface area contributed by atoms with Gasteiger partial charge in [-0.05, 0) is 11.5 Å². The van der Waals surface area contributed by atoms with Gasteiger partial charge in [0.15, 0.2) is 5.52 Å². The second kappa shape index (κ2) is 8.96. The summed E-state index contributed by atoms with van der Waals surface area (Å²) in [6, 6.07) is 13.5. The molecule has 1 unspecified atom stereocenters. The molecule has 2 aromatic heterocycles. The minimum absolute atomic E-state index is 0.00184. The number of aliphatic hydroxyl groups excluding tert-OH is 2. The van der Waals surface area contributed by atoms with Crippen LogP contribution in [0, 0.1) is 0 Å². The molecule has 0 bridgehead atoms. The van der Waals surface area contributed by atoms with E-state index >= 15 is 0 Å². The molecule has 4 aromatic rings. The van der Waals surface area contributed by atoms with Crippen LogP contribution < -0.4 is 16.0 Å². The summed E-state index contributed by atoms with van der Waals surface area (Å²) in [5, 5.41) is 26.5. The van der Waals surface area contributed by atoms with Gasteiger partial charge in [0.25, 0.3) is 5.56 Å². The number of nitrogens with zero attached hydrogens (tertiary/aromatic N) is 3. The van der Waals surface area contributed by atoms with E-state index in [9.17, 15) is 14.7 Å². The van der Waals surface area contributed by atoms with Gasteiger partial charge in [0.05, 0.1) is 13.2 Å². The second-order valence-electron chi connectivity index (χ2n) is 7.02. The van der Waals surface area contributed by atoms with Gasteiger partial charge in [-0.25, -0.2) is 4.79 Å². The Morgan fingerprint density at radius 1 is 1.16 bits per heavy atom. The predicted molar refractivity (Wildman–Crippen MR) is 119 cm³/mol. The zero-order valence-electron chi connectivity index (χ0n) is 16.8. The molecule has 9 nitrogen and oxygen atoms in total. The molecule has 2 heterocycles. The zero-order chi connectivity index (χ0) is 22.0. The average Bonchev–Trinajstić information content (AvgIpc) is 3.13. The number of H-pyrrole nitrogens is 1. The number of aryl methyl sites for hydroxylation is 1. The van der Waals surface area contributed by atoms with E-state index in [4.69, 9.17) is 9.84 Å². The molecular weight excluding hydrogens is 420 g/mol. The van der Waals surface area contributed by atoms with E-state index in [0.29, 0.717) is 22.0 Å². The van der Waals surface area contributed by atoms with Crippen LogP contribution in [0.1, 0.15) is 0 Å². The quantitative estimate of drug-likeness (QED) is 0.349. The monoisotopic (exact) mass is 442 g/mol. The number of aromatic amines is 1. The SMILES string of the molecule is Cn1c(=O)[nH]c(=O)c2c1c(SCCO)nn2CC(O)COc1cccc2ccccc12. The smallest absolute Gasteiger partial charge is 0.328 e. The van der Waals surface area contributed by atoms with Crippen molar-refractivity contribution in [3.8, 4) is 5.75 Å². The lowest BCUT2D eigenvalue weighted by atomic mass is 10.1. The normalized spacial score (nSPS) is 12.5. The van der Waals surface area contributed by atoms with Crippen molar-refractivity contribution in [2.75, 3.05) is 19.0 Å². The molecule has 31 heavy (non-hydrogen) atoms. The van der Waals surface area contributed by atoms with Crippen molar-refractivity contribution < 1.29 is 14.9 Å². The first-order chi connectivity index (χ1) is 15.0. The van der Waals surface area contributed by atoms with Crippen molar-refractivity contribution in [3.05, 3.63) is 63.3 Å². The standard InChI is InChI=1S/C21H22N4O5S/c1-24-18-17(19(28)22-21(24)29)25(23-20(18)31-10-9-26)11-14(27)12-30-16-8-4-6-13-5-2-3-7-15(13)16/h2-8,14,26-27H,9-12H2,1H3,(H,22,28,29). The maximum atomic E-state index is 12.5. The van der Waals surface area contributed by atoms with Gasteiger partial charge in [0.2, 0.25) is 0 Å². The Labute approximate surface area is 180 Å². The van der Waals surface area contributed by atoms with Crippen molar-refractivity contribution in [3.63, 3.8) is 0 Å². The van der Waals surface area contributed by atoms with Crippen LogP contribution in [0.15, 0.2) is 57.1 Å². The largest absolute Gasteiger partial charge is 0.490 e. The van der Waals surface area contributed by atoms with Crippen LogP contribution >= 0.6 is 11.8 Å². The molecule has 0 fully saturated rings. The molecule has 0 spiro atoms.